The van der Waals surface area contributed by atoms with E-state index in [9.17, 15) is 4.79 Å². The number of rotatable bonds is 4. The van der Waals surface area contributed by atoms with Crippen molar-refractivity contribution in [1.29, 1.82) is 0 Å². The molecule has 1 amide bonds. The molecular formula is C12H15NO3. The summed E-state index contributed by atoms with van der Waals surface area (Å²) in [4.78, 5) is 10.3. The van der Waals surface area contributed by atoms with E-state index in [1.165, 1.54) is 0 Å². The van der Waals surface area contributed by atoms with Gasteiger partial charge in [-0.15, -0.1) is 0 Å². The van der Waals surface area contributed by atoms with Crippen LogP contribution in [0.25, 0.3) is 0 Å². The number of hydrogen-bond donors (Lipinski definition) is 1. The van der Waals surface area contributed by atoms with Crippen molar-refractivity contribution in [2.24, 2.45) is 0 Å². The van der Waals surface area contributed by atoms with E-state index in [1.807, 2.05) is 24.3 Å². The average Bonchev–Trinajstić information content (AvgIpc) is 2.31. The van der Waals surface area contributed by atoms with Crippen molar-refractivity contribution < 1.29 is 14.3 Å². The van der Waals surface area contributed by atoms with Crippen LogP contribution in [-0.2, 0) is 9.53 Å². The lowest BCUT2D eigenvalue weighted by molar-refractivity contribution is -0.105. The van der Waals surface area contributed by atoms with Crippen molar-refractivity contribution in [3.8, 4) is 5.75 Å². The van der Waals surface area contributed by atoms with Crippen LogP contribution in [0.1, 0.15) is 12.8 Å². The standard InChI is InChI=1S/C12H15NO3/c14-9-13-10-2-1-3-12(8-10)16-11-4-6-15-7-5-11/h1-3,8-9,11H,4-7H2,(H,13,14). The first kappa shape index (κ1) is 11.0. The predicted molar refractivity (Wildman–Crippen MR) is 60.6 cm³/mol. The van der Waals surface area contributed by atoms with E-state index in [-0.39, 0.29) is 6.10 Å². The average molecular weight is 221 g/mol. The summed E-state index contributed by atoms with van der Waals surface area (Å²) in [5.74, 6) is 0.791. The molecule has 1 N–H and O–H groups in total. The first-order valence-electron chi connectivity index (χ1n) is 5.43. The molecule has 0 unspecified atom stereocenters. The molecule has 1 aliphatic rings. The normalized spacial score (nSPS) is 16.8. The molecule has 1 aromatic rings. The van der Waals surface area contributed by atoms with Crippen molar-refractivity contribution in [3.05, 3.63) is 24.3 Å². The lowest BCUT2D eigenvalue weighted by Crippen LogP contribution is -2.25. The first-order chi connectivity index (χ1) is 7.88. The van der Waals surface area contributed by atoms with Crippen molar-refractivity contribution >= 4 is 12.1 Å². The Hall–Kier alpha value is -1.55. The van der Waals surface area contributed by atoms with Gasteiger partial charge in [-0.25, -0.2) is 0 Å². The van der Waals surface area contributed by atoms with E-state index < -0.39 is 0 Å². The smallest absolute Gasteiger partial charge is 0.211 e. The number of amides is 1. The molecule has 1 heterocycles. The highest BCUT2D eigenvalue weighted by molar-refractivity contribution is 5.71. The number of benzene rings is 1. The van der Waals surface area contributed by atoms with Crippen LogP contribution in [0.3, 0.4) is 0 Å². The van der Waals surface area contributed by atoms with Crippen LogP contribution in [-0.4, -0.2) is 25.7 Å². The van der Waals surface area contributed by atoms with E-state index in [0.717, 1.165) is 37.5 Å². The van der Waals surface area contributed by atoms with Gasteiger partial charge in [0.2, 0.25) is 6.41 Å². The quantitative estimate of drug-likeness (QED) is 0.789. The van der Waals surface area contributed by atoms with Gasteiger partial charge in [-0.3, -0.25) is 4.79 Å². The summed E-state index contributed by atoms with van der Waals surface area (Å²) in [7, 11) is 0. The predicted octanol–water partition coefficient (Wildman–Crippen LogP) is 1.81. The molecular weight excluding hydrogens is 206 g/mol. The van der Waals surface area contributed by atoms with Gasteiger partial charge in [-0.2, -0.15) is 0 Å². The Morgan fingerprint density at radius 1 is 1.38 bits per heavy atom. The molecule has 86 valence electrons. The molecule has 0 radical (unpaired) electrons. The lowest BCUT2D eigenvalue weighted by Gasteiger charge is -2.23. The van der Waals surface area contributed by atoms with Crippen LogP contribution < -0.4 is 10.1 Å². The van der Waals surface area contributed by atoms with Gasteiger partial charge < -0.3 is 14.8 Å². The van der Waals surface area contributed by atoms with Gasteiger partial charge in [0.1, 0.15) is 11.9 Å². The molecule has 2 rings (SSSR count). The van der Waals surface area contributed by atoms with Crippen molar-refractivity contribution in [2.45, 2.75) is 18.9 Å². The van der Waals surface area contributed by atoms with Gasteiger partial charge in [0.25, 0.3) is 0 Å². The summed E-state index contributed by atoms with van der Waals surface area (Å²) < 4.78 is 11.1. The Balaban J connectivity index is 1.97. The summed E-state index contributed by atoms with van der Waals surface area (Å²) in [5, 5.41) is 2.60. The van der Waals surface area contributed by atoms with Crippen LogP contribution >= 0.6 is 0 Å². The largest absolute Gasteiger partial charge is 0.490 e. The van der Waals surface area contributed by atoms with Gasteiger partial charge in [0, 0.05) is 24.6 Å². The summed E-state index contributed by atoms with van der Waals surface area (Å²) in [6.07, 6.45) is 2.73. The fourth-order valence-electron chi connectivity index (χ4n) is 1.71. The second-order valence-electron chi connectivity index (χ2n) is 3.72. The zero-order valence-corrected chi connectivity index (χ0v) is 9.02. The molecule has 16 heavy (non-hydrogen) atoms. The first-order valence-corrected chi connectivity index (χ1v) is 5.43. The van der Waals surface area contributed by atoms with Crippen LogP contribution in [0, 0.1) is 0 Å². The summed E-state index contributed by atoms with van der Waals surface area (Å²) >= 11 is 0. The zero-order valence-electron chi connectivity index (χ0n) is 9.02. The SMILES string of the molecule is O=CNc1cccc(OC2CCOCC2)c1. The highest BCUT2D eigenvalue weighted by atomic mass is 16.5. The molecule has 0 aliphatic carbocycles. The summed E-state index contributed by atoms with van der Waals surface area (Å²) in [6, 6.07) is 7.40. The lowest BCUT2D eigenvalue weighted by atomic mass is 10.1. The second-order valence-corrected chi connectivity index (χ2v) is 3.72. The van der Waals surface area contributed by atoms with Crippen LogP contribution in [0.15, 0.2) is 24.3 Å². The van der Waals surface area contributed by atoms with E-state index in [1.54, 1.807) is 0 Å². The van der Waals surface area contributed by atoms with Gasteiger partial charge in [-0.1, -0.05) is 6.07 Å². The number of ether oxygens (including phenoxy) is 2. The van der Waals surface area contributed by atoms with Crippen LogP contribution in [0.5, 0.6) is 5.75 Å². The molecule has 1 fully saturated rings. The van der Waals surface area contributed by atoms with Crippen LogP contribution in [0.4, 0.5) is 5.69 Å². The molecule has 0 aromatic heterocycles. The fraction of sp³-hybridized carbons (Fsp3) is 0.417. The van der Waals surface area contributed by atoms with Gasteiger partial charge >= 0.3 is 0 Å². The highest BCUT2D eigenvalue weighted by Crippen LogP contribution is 2.21. The van der Waals surface area contributed by atoms with Crippen molar-refractivity contribution in [2.75, 3.05) is 18.5 Å². The number of nitrogens with one attached hydrogen (secondary N) is 1. The molecule has 0 bridgehead atoms. The Labute approximate surface area is 94.6 Å². The Morgan fingerprint density at radius 2 is 2.19 bits per heavy atom. The number of hydrogen-bond acceptors (Lipinski definition) is 3. The Morgan fingerprint density at radius 3 is 2.94 bits per heavy atom. The maximum atomic E-state index is 10.3. The third-order valence-electron chi connectivity index (χ3n) is 2.53. The minimum absolute atomic E-state index is 0.222. The molecule has 4 heteroatoms. The maximum absolute atomic E-state index is 10.3. The van der Waals surface area contributed by atoms with E-state index in [0.29, 0.717) is 6.41 Å². The van der Waals surface area contributed by atoms with Crippen LogP contribution in [0.2, 0.25) is 0 Å². The third kappa shape index (κ3) is 2.97. The van der Waals surface area contributed by atoms with E-state index in [4.69, 9.17) is 9.47 Å². The van der Waals surface area contributed by atoms with Gasteiger partial charge in [-0.05, 0) is 12.1 Å². The number of carbonyl (C=O) groups excluding carboxylic acids is 1. The molecule has 1 saturated heterocycles. The highest BCUT2D eigenvalue weighted by Gasteiger charge is 2.15. The molecule has 1 aliphatic heterocycles. The zero-order chi connectivity index (χ0) is 11.2. The second kappa shape index (κ2) is 5.51. The molecule has 4 nitrogen and oxygen atoms in total. The minimum Gasteiger partial charge on any atom is -0.490 e. The molecule has 0 saturated carbocycles. The fourth-order valence-corrected chi connectivity index (χ4v) is 1.71. The minimum atomic E-state index is 0.222. The van der Waals surface area contributed by atoms with Gasteiger partial charge in [0.15, 0.2) is 0 Å². The van der Waals surface area contributed by atoms with Crippen molar-refractivity contribution in [3.63, 3.8) is 0 Å². The summed E-state index contributed by atoms with van der Waals surface area (Å²) in [6.45, 7) is 1.52. The summed E-state index contributed by atoms with van der Waals surface area (Å²) in [5.41, 5.74) is 0.750. The Kier molecular flexibility index (Phi) is 3.77. The molecule has 0 spiro atoms. The number of carbonyl (C=O) groups is 1. The molecule has 0 atom stereocenters. The number of anilines is 1. The van der Waals surface area contributed by atoms with E-state index in [2.05, 4.69) is 5.32 Å². The Bertz CT molecular complexity index is 348. The molecule has 1 aromatic carbocycles. The van der Waals surface area contributed by atoms with Crippen molar-refractivity contribution in [1.82, 2.24) is 0 Å². The topological polar surface area (TPSA) is 47.6 Å². The third-order valence-corrected chi connectivity index (χ3v) is 2.53. The van der Waals surface area contributed by atoms with Gasteiger partial charge in [0.05, 0.1) is 13.2 Å². The monoisotopic (exact) mass is 221 g/mol. The maximum Gasteiger partial charge on any atom is 0.211 e. The van der Waals surface area contributed by atoms with E-state index >= 15 is 0 Å².